The van der Waals surface area contributed by atoms with Gasteiger partial charge in [-0.25, -0.2) is 0 Å². The molecule has 0 radical (unpaired) electrons. The number of hydrogen-bond acceptors (Lipinski definition) is 3. The van der Waals surface area contributed by atoms with Crippen LogP contribution in [0.4, 0.5) is 0 Å². The zero-order valence-corrected chi connectivity index (χ0v) is 13.6. The van der Waals surface area contributed by atoms with E-state index in [0.717, 1.165) is 25.7 Å². The number of hydrogen-bond donors (Lipinski definition) is 0. The number of carbonyl (C=O) groups is 2. The molecule has 0 bridgehead atoms. The van der Waals surface area contributed by atoms with Crippen molar-refractivity contribution in [1.82, 2.24) is 0 Å². The fraction of sp³-hybridized carbons (Fsp3) is 0.882. The van der Waals surface area contributed by atoms with Crippen LogP contribution in [0.1, 0.15) is 91.4 Å². The first-order valence-corrected chi connectivity index (χ1v) is 8.36. The molecule has 3 nitrogen and oxygen atoms in total. The normalized spacial score (nSPS) is 11.6. The van der Waals surface area contributed by atoms with Gasteiger partial charge in [0.25, 0.3) is 0 Å². The van der Waals surface area contributed by atoms with Gasteiger partial charge in [0.15, 0.2) is 0 Å². The molecule has 0 heterocycles. The molecule has 0 spiro atoms. The van der Waals surface area contributed by atoms with Gasteiger partial charge in [0, 0.05) is 6.42 Å². The predicted octanol–water partition coefficient (Wildman–Crippen LogP) is 4.37. The van der Waals surface area contributed by atoms with Gasteiger partial charge in [0.05, 0.1) is 5.92 Å². The maximum atomic E-state index is 11.5. The van der Waals surface area contributed by atoms with Crippen LogP contribution in [0.15, 0.2) is 0 Å². The molecule has 0 aliphatic rings. The molecule has 0 amide bonds. The van der Waals surface area contributed by atoms with Crippen LogP contribution >= 0.6 is 0 Å². The van der Waals surface area contributed by atoms with E-state index in [1.165, 1.54) is 38.5 Å². The fourth-order valence-electron chi connectivity index (χ4n) is 2.22. The van der Waals surface area contributed by atoms with Crippen molar-refractivity contribution < 1.29 is 14.3 Å². The molecule has 4 heteroatoms. The molecule has 0 saturated carbocycles. The van der Waals surface area contributed by atoms with Crippen LogP contribution in [0.2, 0.25) is 0 Å². The van der Waals surface area contributed by atoms with Gasteiger partial charge in [-0.2, -0.15) is 0 Å². The quantitative estimate of drug-likeness (QED) is 0.233. The van der Waals surface area contributed by atoms with Crippen molar-refractivity contribution in [3.05, 3.63) is 0 Å². The Morgan fingerprint density at radius 2 is 1.38 bits per heavy atom. The Balaban J connectivity index is 0. The number of carbonyl (C=O) groups excluding carboxylic acids is 2. The van der Waals surface area contributed by atoms with Gasteiger partial charge in [-0.1, -0.05) is 72.1 Å². The Bertz CT molecular complexity index is 267. The van der Waals surface area contributed by atoms with Crippen molar-refractivity contribution in [2.45, 2.75) is 91.4 Å². The summed E-state index contributed by atoms with van der Waals surface area (Å²) in [6.45, 7) is 6.05. The van der Waals surface area contributed by atoms with Crippen LogP contribution in [-0.2, 0) is 14.3 Å². The van der Waals surface area contributed by atoms with Crippen LogP contribution in [0.3, 0.4) is 0 Å². The molecular formula is C17H33NaO3. The second kappa shape index (κ2) is 16.5. The Morgan fingerprint density at radius 1 is 0.857 bits per heavy atom. The van der Waals surface area contributed by atoms with Gasteiger partial charge in [0.1, 0.15) is 0 Å². The molecule has 0 saturated heterocycles. The third kappa shape index (κ3) is 14.8. The molecule has 0 fully saturated rings. The van der Waals surface area contributed by atoms with E-state index in [4.69, 9.17) is 4.74 Å². The summed E-state index contributed by atoms with van der Waals surface area (Å²) >= 11 is 0. The first-order valence-electron chi connectivity index (χ1n) is 8.36. The summed E-state index contributed by atoms with van der Waals surface area (Å²) in [4.78, 5) is 23.0. The monoisotopic (exact) mass is 308 g/mol. The summed E-state index contributed by atoms with van der Waals surface area (Å²) in [6.07, 6.45) is 11.6. The molecule has 0 aromatic heterocycles. The van der Waals surface area contributed by atoms with Crippen molar-refractivity contribution in [2.75, 3.05) is 0 Å². The zero-order valence-electron chi connectivity index (χ0n) is 13.6. The van der Waals surface area contributed by atoms with E-state index in [9.17, 15) is 9.59 Å². The number of unbranched alkanes of at least 4 members (excludes halogenated alkanes) is 7. The van der Waals surface area contributed by atoms with Crippen molar-refractivity contribution in [3.8, 4) is 0 Å². The summed E-state index contributed by atoms with van der Waals surface area (Å²) in [5.74, 6) is -0.886. The maximum absolute atomic E-state index is 11.5. The van der Waals surface area contributed by atoms with Crippen LogP contribution < -0.4 is 0 Å². The second-order valence-corrected chi connectivity index (χ2v) is 5.71. The van der Waals surface area contributed by atoms with E-state index in [0.29, 0.717) is 6.42 Å². The SMILES string of the molecule is CCCCCCCCCCC(=O)OC(=O)C(C)CCC.[NaH]. The molecule has 0 aliphatic heterocycles. The average Bonchev–Trinajstić information content (AvgIpc) is 2.42. The van der Waals surface area contributed by atoms with Crippen molar-refractivity contribution >= 4 is 41.5 Å². The van der Waals surface area contributed by atoms with E-state index < -0.39 is 0 Å². The molecular weight excluding hydrogens is 275 g/mol. The third-order valence-electron chi connectivity index (χ3n) is 3.57. The third-order valence-corrected chi connectivity index (χ3v) is 3.57. The minimum atomic E-state index is -0.364. The standard InChI is InChI=1S/C17H32O3.Na.H/c1-4-6-7-8-9-10-11-12-14-16(18)20-17(19)15(3)13-5-2;;/h15H,4-14H2,1-3H3;;. The number of rotatable bonds is 12. The molecule has 0 N–H and O–H groups in total. The second-order valence-electron chi connectivity index (χ2n) is 5.71. The summed E-state index contributed by atoms with van der Waals surface area (Å²) in [6, 6.07) is 0. The number of esters is 2. The molecule has 1 unspecified atom stereocenters. The summed E-state index contributed by atoms with van der Waals surface area (Å²) in [5.41, 5.74) is 0. The topological polar surface area (TPSA) is 43.4 Å². The predicted molar refractivity (Wildman–Crippen MR) is 89.5 cm³/mol. The Morgan fingerprint density at radius 3 is 1.90 bits per heavy atom. The van der Waals surface area contributed by atoms with Crippen molar-refractivity contribution in [2.24, 2.45) is 5.92 Å². The molecule has 0 aliphatic carbocycles. The van der Waals surface area contributed by atoms with E-state index in [-0.39, 0.29) is 47.4 Å². The number of ether oxygens (including phenoxy) is 1. The Hall–Kier alpha value is 0.140. The van der Waals surface area contributed by atoms with Gasteiger partial charge in [0.2, 0.25) is 0 Å². The molecule has 120 valence electrons. The van der Waals surface area contributed by atoms with Crippen LogP contribution in [0.25, 0.3) is 0 Å². The zero-order chi connectivity index (χ0) is 15.2. The van der Waals surface area contributed by atoms with Gasteiger partial charge >= 0.3 is 41.5 Å². The average molecular weight is 308 g/mol. The summed E-state index contributed by atoms with van der Waals surface area (Å²) in [7, 11) is 0. The first-order chi connectivity index (χ1) is 9.61. The summed E-state index contributed by atoms with van der Waals surface area (Å²) in [5, 5.41) is 0. The van der Waals surface area contributed by atoms with E-state index in [2.05, 4.69) is 6.92 Å². The molecule has 1 atom stereocenters. The Labute approximate surface area is 152 Å². The van der Waals surface area contributed by atoms with E-state index >= 15 is 0 Å². The van der Waals surface area contributed by atoms with Gasteiger partial charge in [-0.15, -0.1) is 0 Å². The molecule has 21 heavy (non-hydrogen) atoms. The van der Waals surface area contributed by atoms with Gasteiger partial charge < -0.3 is 4.74 Å². The first kappa shape index (κ1) is 23.4. The molecule has 0 aromatic carbocycles. The van der Waals surface area contributed by atoms with Crippen LogP contribution in [0.5, 0.6) is 0 Å². The van der Waals surface area contributed by atoms with Crippen LogP contribution in [0, 0.1) is 5.92 Å². The van der Waals surface area contributed by atoms with Crippen LogP contribution in [-0.4, -0.2) is 41.5 Å². The summed E-state index contributed by atoms with van der Waals surface area (Å²) < 4.78 is 4.85. The molecule has 0 aromatic rings. The minimum absolute atomic E-state index is 0. The molecule has 0 rings (SSSR count). The van der Waals surface area contributed by atoms with Gasteiger partial charge in [-0.3, -0.25) is 9.59 Å². The fourth-order valence-corrected chi connectivity index (χ4v) is 2.22. The van der Waals surface area contributed by atoms with Crippen molar-refractivity contribution in [3.63, 3.8) is 0 Å². The van der Waals surface area contributed by atoms with Crippen molar-refractivity contribution in [1.29, 1.82) is 0 Å². The van der Waals surface area contributed by atoms with E-state index in [1.54, 1.807) is 0 Å². The Kier molecular flexibility index (Phi) is 18.4. The van der Waals surface area contributed by atoms with Gasteiger partial charge in [-0.05, 0) is 12.8 Å². The van der Waals surface area contributed by atoms with E-state index in [1.807, 2.05) is 13.8 Å².